The van der Waals surface area contributed by atoms with E-state index in [0.717, 1.165) is 5.69 Å². The number of ether oxygens (including phenoxy) is 1. The van der Waals surface area contributed by atoms with Crippen molar-refractivity contribution in [2.45, 2.75) is 33.5 Å². The molecule has 0 saturated carbocycles. The molecule has 2 heterocycles. The number of nitrogens with zero attached hydrogens (tertiary/aromatic N) is 4. The number of anilines is 1. The van der Waals surface area contributed by atoms with E-state index in [1.165, 1.54) is 0 Å². The van der Waals surface area contributed by atoms with Gasteiger partial charge in [0.1, 0.15) is 11.8 Å². The average Bonchev–Trinajstić information content (AvgIpc) is 3.19. The van der Waals surface area contributed by atoms with Gasteiger partial charge in [0.25, 0.3) is 0 Å². The van der Waals surface area contributed by atoms with Crippen LogP contribution in [0.2, 0.25) is 10.0 Å². The van der Waals surface area contributed by atoms with Crippen LogP contribution in [0.3, 0.4) is 0 Å². The highest BCUT2D eigenvalue weighted by molar-refractivity contribution is 6.31. The largest absolute Gasteiger partial charge is 0.471 e. The molecule has 1 amide bonds. The Morgan fingerprint density at radius 1 is 1.33 bits per heavy atom. The molecule has 1 aromatic carbocycles. The van der Waals surface area contributed by atoms with Gasteiger partial charge >= 0.3 is 0 Å². The molecule has 1 unspecified atom stereocenters. The van der Waals surface area contributed by atoms with Crippen LogP contribution in [0, 0.1) is 13.8 Å². The number of halogens is 2. The van der Waals surface area contributed by atoms with E-state index in [9.17, 15) is 4.79 Å². The lowest BCUT2D eigenvalue weighted by Crippen LogP contribution is -2.25. The van der Waals surface area contributed by atoms with E-state index in [-0.39, 0.29) is 12.6 Å². The molecule has 0 spiro atoms. The topological polar surface area (TPSA) is 74.0 Å². The van der Waals surface area contributed by atoms with Gasteiger partial charge in [-0.15, -0.1) is 0 Å². The molecule has 0 bridgehead atoms. The minimum Gasteiger partial charge on any atom is -0.471 e. The number of rotatable bonds is 6. The molecule has 7 nitrogen and oxygen atoms in total. The second-order valence-corrected chi connectivity index (χ2v) is 6.91. The first-order chi connectivity index (χ1) is 12.8. The van der Waals surface area contributed by atoms with Gasteiger partial charge in [0.15, 0.2) is 6.73 Å². The summed E-state index contributed by atoms with van der Waals surface area (Å²) >= 11 is 12.1. The maximum absolute atomic E-state index is 12.5. The van der Waals surface area contributed by atoms with Crippen LogP contribution in [-0.2, 0) is 11.5 Å². The third-order valence-electron chi connectivity index (χ3n) is 4.04. The predicted molar refractivity (Wildman–Crippen MR) is 104 cm³/mol. The molecule has 9 heteroatoms. The second-order valence-electron chi connectivity index (χ2n) is 6.09. The molecule has 1 atom stereocenters. The Kier molecular flexibility index (Phi) is 5.72. The summed E-state index contributed by atoms with van der Waals surface area (Å²) in [6.07, 6.45) is 3.24. The fraction of sp³-hybridized carbons (Fsp3) is 0.278. The lowest BCUT2D eigenvalue weighted by Gasteiger charge is -2.13. The normalized spacial score (nSPS) is 12.0. The van der Waals surface area contributed by atoms with Crippen molar-refractivity contribution in [3.05, 3.63) is 58.1 Å². The summed E-state index contributed by atoms with van der Waals surface area (Å²) in [4.78, 5) is 12.5. The molecule has 0 aliphatic rings. The summed E-state index contributed by atoms with van der Waals surface area (Å²) in [5.74, 6) is 0.422. The van der Waals surface area contributed by atoms with Crippen molar-refractivity contribution in [3.63, 3.8) is 0 Å². The predicted octanol–water partition coefficient (Wildman–Crippen LogP) is 4.24. The van der Waals surface area contributed by atoms with Crippen molar-refractivity contribution in [3.8, 4) is 5.75 Å². The minimum atomic E-state index is -0.512. The standard InChI is InChI=1S/C18H19Cl2N5O2/c1-11-17(20)12(2)25(23-11)13(3)18(26)22-15-8-21-24(9-15)10-27-16-6-4-5-14(19)7-16/h4-9,13H,10H2,1-3H3,(H,22,26). The maximum atomic E-state index is 12.5. The van der Waals surface area contributed by atoms with Crippen LogP contribution in [0.4, 0.5) is 5.69 Å². The number of carbonyl (C=O) groups is 1. The van der Waals surface area contributed by atoms with E-state index in [4.69, 9.17) is 27.9 Å². The van der Waals surface area contributed by atoms with Crippen molar-refractivity contribution in [2.75, 3.05) is 5.32 Å². The Hall–Kier alpha value is -2.51. The van der Waals surface area contributed by atoms with Crippen LogP contribution < -0.4 is 10.1 Å². The second kappa shape index (κ2) is 8.02. The lowest BCUT2D eigenvalue weighted by molar-refractivity contribution is -0.119. The summed E-state index contributed by atoms with van der Waals surface area (Å²) in [5.41, 5.74) is 2.01. The van der Waals surface area contributed by atoms with Gasteiger partial charge in [0.2, 0.25) is 5.91 Å². The van der Waals surface area contributed by atoms with Crippen LogP contribution in [0.25, 0.3) is 0 Å². The van der Waals surface area contributed by atoms with Gasteiger partial charge in [-0.05, 0) is 39.0 Å². The van der Waals surface area contributed by atoms with Crippen LogP contribution >= 0.6 is 23.2 Å². The Labute approximate surface area is 166 Å². The number of hydrogen-bond acceptors (Lipinski definition) is 4. The number of aromatic nitrogens is 4. The van der Waals surface area contributed by atoms with Crippen molar-refractivity contribution in [1.82, 2.24) is 19.6 Å². The highest BCUT2D eigenvalue weighted by Crippen LogP contribution is 2.23. The van der Waals surface area contributed by atoms with Crippen LogP contribution in [-0.4, -0.2) is 25.5 Å². The van der Waals surface area contributed by atoms with Crippen molar-refractivity contribution in [2.24, 2.45) is 0 Å². The molecule has 0 aliphatic carbocycles. The Bertz CT molecular complexity index is 967. The Morgan fingerprint density at radius 2 is 2.11 bits per heavy atom. The number of aryl methyl sites for hydroxylation is 1. The molecular formula is C18H19Cl2N5O2. The minimum absolute atomic E-state index is 0.193. The highest BCUT2D eigenvalue weighted by atomic mass is 35.5. The van der Waals surface area contributed by atoms with Crippen molar-refractivity contribution >= 4 is 34.8 Å². The van der Waals surface area contributed by atoms with Gasteiger partial charge in [0, 0.05) is 5.02 Å². The molecule has 0 aliphatic heterocycles. The molecule has 3 rings (SSSR count). The fourth-order valence-corrected chi connectivity index (χ4v) is 2.88. The monoisotopic (exact) mass is 407 g/mol. The fourth-order valence-electron chi connectivity index (χ4n) is 2.57. The van der Waals surface area contributed by atoms with Crippen molar-refractivity contribution < 1.29 is 9.53 Å². The van der Waals surface area contributed by atoms with Gasteiger partial charge < -0.3 is 10.1 Å². The Balaban J connectivity index is 1.61. The summed E-state index contributed by atoms with van der Waals surface area (Å²) in [5, 5.41) is 12.5. The zero-order valence-electron chi connectivity index (χ0n) is 15.1. The van der Waals surface area contributed by atoms with E-state index >= 15 is 0 Å². The number of nitrogens with one attached hydrogen (secondary N) is 1. The molecule has 0 saturated heterocycles. The van der Waals surface area contributed by atoms with E-state index in [0.29, 0.717) is 27.2 Å². The van der Waals surface area contributed by atoms with Crippen LogP contribution in [0.15, 0.2) is 36.7 Å². The smallest absolute Gasteiger partial charge is 0.249 e. The average molecular weight is 408 g/mol. The number of amides is 1. The quantitative estimate of drug-likeness (QED) is 0.662. The van der Waals surface area contributed by atoms with E-state index in [2.05, 4.69) is 15.5 Å². The van der Waals surface area contributed by atoms with Crippen LogP contribution in [0.5, 0.6) is 5.75 Å². The molecule has 3 aromatic rings. The third kappa shape index (κ3) is 4.43. The van der Waals surface area contributed by atoms with Crippen molar-refractivity contribution in [1.29, 1.82) is 0 Å². The molecule has 27 heavy (non-hydrogen) atoms. The van der Waals surface area contributed by atoms with Gasteiger partial charge in [-0.2, -0.15) is 10.2 Å². The lowest BCUT2D eigenvalue weighted by atomic mass is 10.3. The molecule has 0 fully saturated rings. The Morgan fingerprint density at radius 3 is 2.78 bits per heavy atom. The summed E-state index contributed by atoms with van der Waals surface area (Å²) in [6.45, 7) is 5.59. The van der Waals surface area contributed by atoms with Gasteiger partial charge in [-0.3, -0.25) is 9.48 Å². The summed E-state index contributed by atoms with van der Waals surface area (Å²) in [6, 6.07) is 6.59. The van der Waals surface area contributed by atoms with E-state index in [1.54, 1.807) is 59.9 Å². The molecule has 0 radical (unpaired) electrons. The van der Waals surface area contributed by atoms with Gasteiger partial charge in [-0.25, -0.2) is 4.68 Å². The highest BCUT2D eigenvalue weighted by Gasteiger charge is 2.21. The zero-order chi connectivity index (χ0) is 19.6. The maximum Gasteiger partial charge on any atom is 0.249 e. The number of hydrogen-bond donors (Lipinski definition) is 1. The van der Waals surface area contributed by atoms with Gasteiger partial charge in [-0.1, -0.05) is 29.3 Å². The van der Waals surface area contributed by atoms with E-state index in [1.807, 2.05) is 6.92 Å². The van der Waals surface area contributed by atoms with E-state index < -0.39 is 6.04 Å². The molecule has 142 valence electrons. The molecule has 1 N–H and O–H groups in total. The molecule has 2 aromatic heterocycles. The van der Waals surface area contributed by atoms with Gasteiger partial charge in [0.05, 0.1) is 34.5 Å². The third-order valence-corrected chi connectivity index (χ3v) is 4.83. The SMILES string of the molecule is Cc1nn(C(C)C(=O)Nc2cnn(COc3cccc(Cl)c3)c2)c(C)c1Cl. The number of benzene rings is 1. The zero-order valence-corrected chi connectivity index (χ0v) is 16.6. The van der Waals surface area contributed by atoms with Crippen LogP contribution in [0.1, 0.15) is 24.4 Å². The molecular weight excluding hydrogens is 389 g/mol. The number of carbonyl (C=O) groups excluding carboxylic acids is 1. The summed E-state index contributed by atoms with van der Waals surface area (Å²) < 4.78 is 8.80. The first-order valence-electron chi connectivity index (χ1n) is 8.28. The first kappa shape index (κ1) is 19.3. The summed E-state index contributed by atoms with van der Waals surface area (Å²) in [7, 11) is 0. The first-order valence-corrected chi connectivity index (χ1v) is 9.03.